The van der Waals surface area contributed by atoms with Crippen LogP contribution in [0.2, 0.25) is 0 Å². The van der Waals surface area contributed by atoms with Crippen LogP contribution in [0.25, 0.3) is 0 Å². The van der Waals surface area contributed by atoms with Crippen molar-refractivity contribution in [1.82, 2.24) is 0 Å². The van der Waals surface area contributed by atoms with E-state index >= 15 is 0 Å². The largest absolute Gasteiger partial charge is 0.326 e. The van der Waals surface area contributed by atoms with Crippen molar-refractivity contribution in [3.8, 4) is 0 Å². The maximum Gasteiger partial charge on any atom is 0.0784 e. The Morgan fingerprint density at radius 1 is 0.232 bits per heavy atom. The predicted molar refractivity (Wildman–Crippen MR) is 259 cm³/mol. The molecule has 0 radical (unpaired) electrons. The Morgan fingerprint density at radius 2 is 0.429 bits per heavy atom. The lowest BCUT2D eigenvalue weighted by atomic mass is 10.1. The fraction of sp³-hybridized carbons (Fsp3) is 0.782. The third-order valence-electron chi connectivity index (χ3n) is 11.7. The van der Waals surface area contributed by atoms with Crippen molar-refractivity contribution in [2.45, 2.75) is 252 Å². The molecule has 0 saturated heterocycles. The van der Waals surface area contributed by atoms with Crippen LogP contribution in [0.5, 0.6) is 0 Å². The minimum absolute atomic E-state index is 1.12. The van der Waals surface area contributed by atoms with Crippen LogP contribution in [0.4, 0.5) is 0 Å². The van der Waals surface area contributed by atoms with Crippen molar-refractivity contribution in [3.63, 3.8) is 0 Å². The van der Waals surface area contributed by atoms with Crippen molar-refractivity contribution in [2.24, 2.45) is 0 Å². The molecule has 1 nitrogen and oxygen atoms in total. The van der Waals surface area contributed by atoms with Gasteiger partial charge in [-0.25, -0.2) is 0 Å². The molecule has 0 unspecified atom stereocenters. The van der Waals surface area contributed by atoms with Gasteiger partial charge in [0.05, 0.1) is 26.7 Å². The van der Waals surface area contributed by atoms with E-state index in [1.54, 1.807) is 0 Å². The summed E-state index contributed by atoms with van der Waals surface area (Å²) in [4.78, 5) is 0. The Hall–Kier alpha value is -1.60. The average Bonchev–Trinajstić information content (AvgIpc) is 3.20. The Labute approximate surface area is 354 Å². The van der Waals surface area contributed by atoms with Crippen LogP contribution in [0, 0.1) is 0 Å². The van der Waals surface area contributed by atoms with Gasteiger partial charge in [0.25, 0.3) is 0 Å². The van der Waals surface area contributed by atoms with E-state index in [4.69, 9.17) is 0 Å². The fourth-order valence-corrected chi connectivity index (χ4v) is 7.78. The second-order valence-electron chi connectivity index (χ2n) is 17.5. The number of quaternary nitrogens is 1. The van der Waals surface area contributed by atoms with E-state index in [1.165, 1.54) is 236 Å². The molecule has 0 amide bonds. The first kappa shape index (κ1) is 54.4. The van der Waals surface area contributed by atoms with Gasteiger partial charge in [-0.1, -0.05) is 190 Å². The molecule has 0 aromatic heterocycles. The predicted octanol–water partition coefficient (Wildman–Crippen LogP) is 18.9. The zero-order valence-corrected chi connectivity index (χ0v) is 39.0. The number of rotatable bonds is 45. The van der Waals surface area contributed by atoms with Gasteiger partial charge >= 0.3 is 0 Å². The van der Waals surface area contributed by atoms with Crippen LogP contribution in [0.3, 0.4) is 0 Å². The molecule has 0 aromatic carbocycles. The van der Waals surface area contributed by atoms with E-state index in [9.17, 15) is 0 Å². The zero-order valence-electron chi connectivity index (χ0n) is 39.0. The van der Waals surface area contributed by atoms with Gasteiger partial charge in [-0.05, 0) is 135 Å². The molecule has 0 bridgehead atoms. The van der Waals surface area contributed by atoms with Crippen LogP contribution < -0.4 is 0 Å². The van der Waals surface area contributed by atoms with Crippen molar-refractivity contribution in [2.75, 3.05) is 26.7 Å². The summed E-state index contributed by atoms with van der Waals surface area (Å²) in [5, 5.41) is 0. The molecular weight excluding hydrogens is 675 g/mol. The normalized spacial score (nSPS) is 12.9. The van der Waals surface area contributed by atoms with E-state index in [1.807, 2.05) is 0 Å². The van der Waals surface area contributed by atoms with Gasteiger partial charge in [-0.3, -0.25) is 0 Å². The molecule has 0 aliphatic carbocycles. The minimum atomic E-state index is 1.12. The van der Waals surface area contributed by atoms with Gasteiger partial charge in [-0.2, -0.15) is 0 Å². The number of nitrogens with zero attached hydrogens (tertiary/aromatic N) is 1. The summed E-state index contributed by atoms with van der Waals surface area (Å²) in [6, 6.07) is 0. The highest BCUT2D eigenvalue weighted by molar-refractivity contribution is 4.94. The van der Waals surface area contributed by atoms with Crippen LogP contribution in [0.15, 0.2) is 72.9 Å². The zero-order chi connectivity index (χ0) is 40.6. The first-order valence-corrected chi connectivity index (χ1v) is 25.4. The highest BCUT2D eigenvalue weighted by Crippen LogP contribution is 2.17. The van der Waals surface area contributed by atoms with Gasteiger partial charge in [0, 0.05) is 0 Å². The van der Waals surface area contributed by atoms with Crippen LogP contribution in [-0.4, -0.2) is 31.2 Å². The van der Waals surface area contributed by atoms with Gasteiger partial charge in [0.2, 0.25) is 0 Å². The average molecular weight is 777 g/mol. The molecule has 0 aliphatic rings. The molecule has 0 N–H and O–H groups in total. The molecule has 1 heteroatoms. The maximum absolute atomic E-state index is 2.60. The Kier molecular flexibility index (Phi) is 46.4. The van der Waals surface area contributed by atoms with Crippen LogP contribution in [-0.2, 0) is 0 Å². The van der Waals surface area contributed by atoms with Crippen LogP contribution >= 0.6 is 0 Å². The second kappa shape index (κ2) is 47.8. The Morgan fingerprint density at radius 3 is 0.661 bits per heavy atom. The summed E-state index contributed by atoms with van der Waals surface area (Å²) in [7, 11) is 2.60. The van der Waals surface area contributed by atoms with Crippen LogP contribution in [0.1, 0.15) is 252 Å². The maximum atomic E-state index is 2.60. The lowest BCUT2D eigenvalue weighted by Gasteiger charge is -2.35. The molecule has 0 atom stereocenters. The summed E-state index contributed by atoms with van der Waals surface area (Å²) in [5.74, 6) is 0. The number of unbranched alkanes of at least 4 members (excludes halogenated alkanes) is 27. The van der Waals surface area contributed by atoms with E-state index in [0.29, 0.717) is 0 Å². The van der Waals surface area contributed by atoms with E-state index in [0.717, 1.165) is 19.3 Å². The number of allylic oxidation sites excluding steroid dienone is 12. The first-order chi connectivity index (χ1) is 27.7. The van der Waals surface area contributed by atoms with Crippen molar-refractivity contribution >= 4 is 0 Å². The molecule has 0 saturated carbocycles. The first-order valence-electron chi connectivity index (χ1n) is 25.4. The SMILES string of the molecule is CCCCCC=CCC=CCCCCCCCC[N+](C)(CCCCCCCC/C=C\C/C=C\CCCCC)CCCCCCCC/C=C\C/C=C\CCCCC. The summed E-state index contributed by atoms with van der Waals surface area (Å²) in [6.07, 6.45) is 77.0. The molecular formula is C55H102N+. The van der Waals surface area contributed by atoms with Gasteiger partial charge < -0.3 is 4.48 Å². The Bertz CT molecular complexity index is 799. The molecule has 0 spiro atoms. The van der Waals surface area contributed by atoms with Crippen molar-refractivity contribution in [1.29, 1.82) is 0 Å². The molecule has 326 valence electrons. The lowest BCUT2D eigenvalue weighted by molar-refractivity contribution is -0.910. The highest BCUT2D eigenvalue weighted by Gasteiger charge is 2.20. The fourth-order valence-electron chi connectivity index (χ4n) is 7.78. The van der Waals surface area contributed by atoms with E-state index in [2.05, 4.69) is 101 Å². The van der Waals surface area contributed by atoms with Crippen molar-refractivity contribution in [3.05, 3.63) is 72.9 Å². The monoisotopic (exact) mass is 777 g/mol. The number of hydrogen-bond donors (Lipinski definition) is 0. The summed E-state index contributed by atoms with van der Waals surface area (Å²) >= 11 is 0. The molecule has 0 rings (SSSR count). The molecule has 0 aromatic rings. The Balaban J connectivity index is 4.26. The summed E-state index contributed by atoms with van der Waals surface area (Å²) in [5.41, 5.74) is 0. The standard InChI is InChI=1S/C55H102N/c1-5-8-11-14-17-20-23-26-29-32-35-38-41-44-47-50-53-56(4,54-51-48-45-42-39-36-33-30-27-24-21-18-15-12-9-6-2)55-52-49-46-43-40-37-34-31-28-25-22-19-16-13-10-7-3/h17-22,26-31H,5-16,23-25,32-55H2,1-4H3/q+1/b20-17-,21-18-,22-19?,29-26-,30-27-,31-28?. The third-order valence-corrected chi connectivity index (χ3v) is 11.7. The topological polar surface area (TPSA) is 0 Å². The third kappa shape index (κ3) is 45.1. The van der Waals surface area contributed by atoms with Crippen molar-refractivity contribution < 1.29 is 4.48 Å². The lowest BCUT2D eigenvalue weighted by Crippen LogP contribution is -2.46. The second-order valence-corrected chi connectivity index (χ2v) is 17.5. The van der Waals surface area contributed by atoms with Gasteiger partial charge in [0.1, 0.15) is 0 Å². The molecule has 0 aliphatic heterocycles. The molecule has 0 heterocycles. The summed E-state index contributed by atoms with van der Waals surface area (Å²) in [6.45, 7) is 11.0. The van der Waals surface area contributed by atoms with E-state index < -0.39 is 0 Å². The smallest absolute Gasteiger partial charge is 0.0784 e. The quantitative estimate of drug-likeness (QED) is 0.0328. The minimum Gasteiger partial charge on any atom is -0.326 e. The molecule has 0 fully saturated rings. The summed E-state index contributed by atoms with van der Waals surface area (Å²) < 4.78 is 1.33. The van der Waals surface area contributed by atoms with Gasteiger partial charge in [0.15, 0.2) is 0 Å². The highest BCUT2D eigenvalue weighted by atomic mass is 15.3. The van der Waals surface area contributed by atoms with Gasteiger partial charge in [-0.15, -0.1) is 0 Å². The number of hydrogen-bond acceptors (Lipinski definition) is 0. The molecule has 56 heavy (non-hydrogen) atoms. The van der Waals surface area contributed by atoms with E-state index in [-0.39, 0.29) is 0 Å².